The van der Waals surface area contributed by atoms with E-state index in [9.17, 15) is 9.59 Å². The minimum absolute atomic E-state index is 0.296. The van der Waals surface area contributed by atoms with Crippen LogP contribution >= 0.6 is 0 Å². The molecule has 1 saturated heterocycles. The summed E-state index contributed by atoms with van der Waals surface area (Å²) in [4.78, 5) is 21.9. The van der Waals surface area contributed by atoms with Gasteiger partial charge in [-0.25, -0.2) is 0 Å². The number of likely N-dealkylation sites (tertiary alicyclic amines) is 1. The first kappa shape index (κ1) is 19.2. The van der Waals surface area contributed by atoms with Gasteiger partial charge in [-0.1, -0.05) is 48.4 Å². The Morgan fingerprint density at radius 3 is 2.16 bits per heavy atom. The molecular formula is C20H27NO4. The average molecular weight is 345 g/mol. The Kier molecular flexibility index (Phi) is 7.67. The zero-order valence-electron chi connectivity index (χ0n) is 14.6. The molecule has 25 heavy (non-hydrogen) atoms. The van der Waals surface area contributed by atoms with Crippen molar-refractivity contribution in [3.63, 3.8) is 0 Å². The van der Waals surface area contributed by atoms with Crippen LogP contribution in [0, 0.1) is 0 Å². The van der Waals surface area contributed by atoms with Gasteiger partial charge in [0.25, 0.3) is 0 Å². The number of carboxylic acid groups (broad SMARTS) is 2. The number of rotatable bonds is 5. The molecule has 1 aliphatic carbocycles. The van der Waals surface area contributed by atoms with Gasteiger partial charge < -0.3 is 10.2 Å². The molecule has 5 nitrogen and oxygen atoms in total. The van der Waals surface area contributed by atoms with Crippen molar-refractivity contribution in [2.75, 3.05) is 13.1 Å². The minimum Gasteiger partial charge on any atom is -0.481 e. The lowest BCUT2D eigenvalue weighted by Gasteiger charge is -2.42. The Morgan fingerprint density at radius 1 is 1.00 bits per heavy atom. The summed E-state index contributed by atoms with van der Waals surface area (Å²) in [5.41, 5.74) is 3.04. The van der Waals surface area contributed by atoms with Gasteiger partial charge >= 0.3 is 11.9 Å². The van der Waals surface area contributed by atoms with Gasteiger partial charge in [0.15, 0.2) is 0 Å². The second kappa shape index (κ2) is 9.99. The van der Waals surface area contributed by atoms with Crippen LogP contribution in [0.1, 0.15) is 50.5 Å². The van der Waals surface area contributed by atoms with Crippen molar-refractivity contribution < 1.29 is 19.8 Å². The van der Waals surface area contributed by atoms with Gasteiger partial charge in [-0.15, -0.1) is 0 Å². The maximum atomic E-state index is 9.64. The molecule has 5 heteroatoms. The Balaban J connectivity index is 0.000000242. The summed E-state index contributed by atoms with van der Waals surface area (Å²) in [6.45, 7) is 2.63. The van der Waals surface area contributed by atoms with Crippen molar-refractivity contribution in [1.82, 2.24) is 4.90 Å². The SMILES string of the molecule is C(=C1CCCCC1N1CCC1)c1ccccc1.O=C(O)CCC(=O)O. The van der Waals surface area contributed by atoms with Crippen LogP contribution in [0.25, 0.3) is 6.08 Å². The van der Waals surface area contributed by atoms with E-state index < -0.39 is 11.9 Å². The highest BCUT2D eigenvalue weighted by Crippen LogP contribution is 2.31. The second-order valence-electron chi connectivity index (χ2n) is 6.57. The fourth-order valence-corrected chi connectivity index (χ4v) is 3.23. The van der Waals surface area contributed by atoms with Gasteiger partial charge in [-0.2, -0.15) is 0 Å². The Hall–Kier alpha value is -2.14. The molecular weight excluding hydrogens is 318 g/mol. The van der Waals surface area contributed by atoms with E-state index in [1.165, 1.54) is 50.8 Å². The van der Waals surface area contributed by atoms with Crippen molar-refractivity contribution in [3.8, 4) is 0 Å². The zero-order chi connectivity index (χ0) is 18.1. The lowest BCUT2D eigenvalue weighted by atomic mass is 9.86. The summed E-state index contributed by atoms with van der Waals surface area (Å²) in [6.07, 6.45) is 8.70. The molecule has 1 unspecified atom stereocenters. The molecule has 0 radical (unpaired) electrons. The lowest BCUT2D eigenvalue weighted by Crippen LogP contribution is -2.46. The molecule has 1 aliphatic heterocycles. The van der Waals surface area contributed by atoms with E-state index in [0.717, 1.165) is 6.04 Å². The van der Waals surface area contributed by atoms with E-state index in [2.05, 4.69) is 41.3 Å². The maximum absolute atomic E-state index is 9.64. The van der Waals surface area contributed by atoms with Crippen LogP contribution in [0.15, 0.2) is 35.9 Å². The Labute approximate surface area is 149 Å². The number of hydrogen-bond donors (Lipinski definition) is 2. The molecule has 3 rings (SSSR count). The summed E-state index contributed by atoms with van der Waals surface area (Å²) >= 11 is 0. The van der Waals surface area contributed by atoms with Gasteiger partial charge in [0.2, 0.25) is 0 Å². The number of carboxylic acids is 2. The number of carbonyl (C=O) groups is 2. The summed E-state index contributed by atoms with van der Waals surface area (Å²) < 4.78 is 0. The van der Waals surface area contributed by atoms with E-state index >= 15 is 0 Å². The van der Waals surface area contributed by atoms with Crippen molar-refractivity contribution in [2.45, 2.75) is 51.0 Å². The van der Waals surface area contributed by atoms with Crippen LogP contribution in [0.5, 0.6) is 0 Å². The van der Waals surface area contributed by atoms with Crippen molar-refractivity contribution in [1.29, 1.82) is 0 Å². The summed E-state index contributed by atoms with van der Waals surface area (Å²) in [7, 11) is 0. The molecule has 1 atom stereocenters. The number of aliphatic carboxylic acids is 2. The number of nitrogens with zero attached hydrogens (tertiary/aromatic N) is 1. The van der Waals surface area contributed by atoms with Gasteiger partial charge in [0, 0.05) is 6.04 Å². The Bertz CT molecular complexity index is 579. The molecule has 0 aromatic heterocycles. The summed E-state index contributed by atoms with van der Waals surface area (Å²) in [5, 5.41) is 15.8. The fraction of sp³-hybridized carbons (Fsp3) is 0.500. The molecule has 2 N–H and O–H groups in total. The van der Waals surface area contributed by atoms with Gasteiger partial charge in [0.05, 0.1) is 12.8 Å². The van der Waals surface area contributed by atoms with Crippen molar-refractivity contribution in [3.05, 3.63) is 41.5 Å². The van der Waals surface area contributed by atoms with E-state index in [0.29, 0.717) is 0 Å². The third kappa shape index (κ3) is 6.70. The molecule has 0 spiro atoms. The Morgan fingerprint density at radius 2 is 1.64 bits per heavy atom. The number of hydrogen-bond acceptors (Lipinski definition) is 3. The predicted molar refractivity (Wildman–Crippen MR) is 97.4 cm³/mol. The molecule has 1 heterocycles. The van der Waals surface area contributed by atoms with E-state index in [4.69, 9.17) is 10.2 Å². The normalized spacial score (nSPS) is 21.8. The lowest BCUT2D eigenvalue weighted by molar-refractivity contribution is -0.143. The minimum atomic E-state index is -1.08. The van der Waals surface area contributed by atoms with Crippen LogP contribution in [-0.4, -0.2) is 46.2 Å². The fourth-order valence-electron chi connectivity index (χ4n) is 3.23. The van der Waals surface area contributed by atoms with Gasteiger partial charge in [0.1, 0.15) is 0 Å². The quantitative estimate of drug-likeness (QED) is 0.851. The molecule has 0 bridgehead atoms. The summed E-state index contributed by atoms with van der Waals surface area (Å²) in [6, 6.07) is 11.5. The standard InChI is InChI=1S/C16H21N.C4H6O4/c1-2-7-14(8-3-1)13-15-9-4-5-10-16(15)17-11-6-12-17;5-3(6)1-2-4(7)8/h1-3,7-8,13,16H,4-6,9-12H2;1-2H2,(H,5,6)(H,7,8). The van der Waals surface area contributed by atoms with Crippen LogP contribution in [0.2, 0.25) is 0 Å². The van der Waals surface area contributed by atoms with Gasteiger partial charge in [-0.05, 0) is 44.3 Å². The molecule has 136 valence electrons. The van der Waals surface area contributed by atoms with E-state index in [1.54, 1.807) is 5.57 Å². The molecule has 0 amide bonds. The van der Waals surface area contributed by atoms with Crippen LogP contribution < -0.4 is 0 Å². The largest absolute Gasteiger partial charge is 0.481 e. The molecule has 2 fully saturated rings. The predicted octanol–water partition coefficient (Wildman–Crippen LogP) is 3.65. The maximum Gasteiger partial charge on any atom is 0.303 e. The first-order chi connectivity index (χ1) is 12.1. The molecule has 1 aromatic carbocycles. The topological polar surface area (TPSA) is 77.8 Å². The smallest absolute Gasteiger partial charge is 0.303 e. The van der Waals surface area contributed by atoms with Crippen LogP contribution in [-0.2, 0) is 9.59 Å². The van der Waals surface area contributed by atoms with Crippen molar-refractivity contribution in [2.24, 2.45) is 0 Å². The average Bonchev–Trinajstić information content (AvgIpc) is 2.55. The number of benzene rings is 1. The first-order valence-corrected chi connectivity index (χ1v) is 8.99. The zero-order valence-corrected chi connectivity index (χ0v) is 14.6. The van der Waals surface area contributed by atoms with E-state index in [1.807, 2.05) is 0 Å². The summed E-state index contributed by atoms with van der Waals surface area (Å²) in [5.74, 6) is -2.15. The van der Waals surface area contributed by atoms with Gasteiger partial charge in [-0.3, -0.25) is 14.5 Å². The second-order valence-corrected chi connectivity index (χ2v) is 6.57. The molecule has 1 saturated carbocycles. The first-order valence-electron chi connectivity index (χ1n) is 8.99. The molecule has 2 aliphatic rings. The molecule has 1 aromatic rings. The monoisotopic (exact) mass is 345 g/mol. The van der Waals surface area contributed by atoms with E-state index in [-0.39, 0.29) is 12.8 Å². The third-order valence-electron chi connectivity index (χ3n) is 4.66. The van der Waals surface area contributed by atoms with Crippen LogP contribution in [0.3, 0.4) is 0 Å². The highest BCUT2D eigenvalue weighted by Gasteiger charge is 2.28. The third-order valence-corrected chi connectivity index (χ3v) is 4.66. The van der Waals surface area contributed by atoms with Crippen molar-refractivity contribution >= 4 is 18.0 Å². The van der Waals surface area contributed by atoms with Crippen LogP contribution in [0.4, 0.5) is 0 Å². The highest BCUT2D eigenvalue weighted by molar-refractivity contribution is 5.75. The highest BCUT2D eigenvalue weighted by atomic mass is 16.4.